The highest BCUT2D eigenvalue weighted by Crippen LogP contribution is 2.49. The third kappa shape index (κ3) is 16.9. The van der Waals surface area contributed by atoms with Crippen LogP contribution in [-0.4, -0.2) is 108 Å². The Kier molecular flexibility index (Phi) is 21.5. The third-order valence-corrected chi connectivity index (χ3v) is 17.5. The monoisotopic (exact) mass is 1150 g/mol. The van der Waals surface area contributed by atoms with Crippen molar-refractivity contribution in [2.24, 2.45) is 0 Å². The zero-order valence-corrected chi connectivity index (χ0v) is 47.5. The van der Waals surface area contributed by atoms with E-state index in [1.165, 1.54) is 12.1 Å². The van der Waals surface area contributed by atoms with Crippen molar-refractivity contribution in [3.63, 3.8) is 0 Å². The van der Waals surface area contributed by atoms with Gasteiger partial charge in [-0.2, -0.15) is 29.8 Å². The number of carbonyl (C=O) groups is 3. The summed E-state index contributed by atoms with van der Waals surface area (Å²) in [6.45, 7) is 9.64. The summed E-state index contributed by atoms with van der Waals surface area (Å²) in [5, 5.41) is 17.1. The molecular weight excluding hydrogens is 1080 g/mol. The molecule has 3 aliphatic heterocycles. The largest absolute Gasteiger partial charge is 0.385 e. The smallest absolute Gasteiger partial charge is 0.333 e. The van der Waals surface area contributed by atoms with Gasteiger partial charge in [0, 0.05) is 83.9 Å². The first kappa shape index (κ1) is 61.5. The molecule has 0 saturated carbocycles. The van der Waals surface area contributed by atoms with Crippen molar-refractivity contribution in [2.75, 3.05) is 36.0 Å². The summed E-state index contributed by atoms with van der Waals surface area (Å²) in [7, 11) is -12.9. The Bertz CT molecular complexity index is 3000. The number of allylic oxidation sites excluding steroid dienone is 7. The van der Waals surface area contributed by atoms with Crippen LogP contribution in [0.1, 0.15) is 154 Å². The van der Waals surface area contributed by atoms with Gasteiger partial charge in [0.15, 0.2) is 5.71 Å². The third-order valence-electron chi connectivity index (χ3n) is 14.5. The van der Waals surface area contributed by atoms with E-state index in [-0.39, 0.29) is 42.8 Å². The Labute approximate surface area is 456 Å². The highest BCUT2D eigenvalue weighted by molar-refractivity contribution is 7.94. The van der Waals surface area contributed by atoms with Gasteiger partial charge in [-0.25, -0.2) is 10.1 Å². The van der Waals surface area contributed by atoms with E-state index in [4.69, 9.17) is 14.4 Å². The van der Waals surface area contributed by atoms with E-state index < -0.39 is 64.7 Å². The Morgan fingerprint density at radius 3 is 2.04 bits per heavy atom. The van der Waals surface area contributed by atoms with Crippen molar-refractivity contribution < 1.29 is 77.3 Å². The second-order valence-corrected chi connectivity index (χ2v) is 26.2. The molecule has 0 radical (unpaired) electrons. The van der Waals surface area contributed by atoms with Crippen molar-refractivity contribution in [3.8, 4) is 0 Å². The molecule has 24 heteroatoms. The van der Waals surface area contributed by atoms with Crippen molar-refractivity contribution in [1.29, 1.82) is 0 Å². The van der Waals surface area contributed by atoms with Crippen LogP contribution in [0.4, 0.5) is 11.4 Å². The minimum Gasteiger partial charge on any atom is -0.385 e. The number of carbonyl (C=O) groups excluding carboxylic acids is 3. The van der Waals surface area contributed by atoms with Crippen LogP contribution >= 0.6 is 12.0 Å². The molecule has 424 valence electrons. The Hall–Kier alpha value is -4.76. The molecule has 2 amide bonds. The first-order valence-electron chi connectivity index (χ1n) is 26.2. The topological polar surface area (TPSA) is 284 Å². The fourth-order valence-electron chi connectivity index (χ4n) is 10.5. The molecule has 0 aromatic heterocycles. The Balaban J connectivity index is 1.26. The number of rotatable bonds is 30. The number of hydroxylamine groups is 2. The van der Waals surface area contributed by atoms with Crippen LogP contribution in [0.2, 0.25) is 0 Å². The number of benzene rings is 2. The van der Waals surface area contributed by atoms with Crippen molar-refractivity contribution in [3.05, 3.63) is 94.4 Å². The maximum absolute atomic E-state index is 12.3. The highest BCUT2D eigenvalue weighted by atomic mass is 32.2. The molecule has 4 aliphatic rings. The highest BCUT2D eigenvalue weighted by Gasteiger charge is 2.45. The molecule has 0 spiro atoms. The lowest BCUT2D eigenvalue weighted by Gasteiger charge is -2.28. The van der Waals surface area contributed by atoms with Gasteiger partial charge in [-0.1, -0.05) is 69.6 Å². The number of imide groups is 1. The molecule has 1 aliphatic carbocycles. The molecular formula is C53H73N4O16S4+. The molecule has 0 bridgehead atoms. The van der Waals surface area contributed by atoms with Gasteiger partial charge in [-0.05, 0) is 118 Å². The van der Waals surface area contributed by atoms with Gasteiger partial charge in [0.25, 0.3) is 42.2 Å². The van der Waals surface area contributed by atoms with Crippen LogP contribution < -0.4 is 10.2 Å². The summed E-state index contributed by atoms with van der Waals surface area (Å²) in [6.07, 6.45) is 19.4. The molecule has 1 saturated heterocycles. The molecule has 0 unspecified atom stereocenters. The molecule has 3 heterocycles. The van der Waals surface area contributed by atoms with E-state index in [0.29, 0.717) is 54.4 Å². The summed E-state index contributed by atoms with van der Waals surface area (Å²) in [5.74, 6) is -2.34. The van der Waals surface area contributed by atoms with Crippen LogP contribution in [0.25, 0.3) is 0 Å². The standard InChI is InChI=1S/C53H72N4O16S4/c1-52(2)42-36-40(74-73-72-61)23-25-44(42)55(32-13-15-34-75(62,63)64)46(52)27-21-38-18-17-19-39(51(38)54-31-12-10-8-6-5-7-9-11-20-50(60)71-57-48(58)29-30-49(57)59)22-28-47-53(3,4)43-37-41(77(68,69)70)24-26-45(43)56(47)33-14-16-35-76(65,66)67/h21-28,36-37H,5-20,29-35H2,1-4H3,(H4,61,62,63,64,65,66,67,68,69,70)/p+1/b39-22+,47-28+. The van der Waals surface area contributed by atoms with Gasteiger partial charge in [0.05, 0.1) is 33.9 Å². The lowest BCUT2D eigenvalue weighted by molar-refractivity contribution is -0.438. The lowest BCUT2D eigenvalue weighted by atomic mass is 9.81. The van der Waals surface area contributed by atoms with E-state index in [1.807, 2.05) is 43.0 Å². The second kappa shape index (κ2) is 26.9. The number of anilines is 1. The zero-order valence-electron chi connectivity index (χ0n) is 44.2. The van der Waals surface area contributed by atoms with E-state index in [1.54, 1.807) is 6.07 Å². The summed E-state index contributed by atoms with van der Waals surface area (Å²) in [6, 6.07) is 10.2. The molecule has 2 aromatic rings. The van der Waals surface area contributed by atoms with E-state index in [9.17, 15) is 53.3 Å². The van der Waals surface area contributed by atoms with E-state index >= 15 is 0 Å². The minimum atomic E-state index is -4.53. The van der Waals surface area contributed by atoms with Gasteiger partial charge < -0.3 is 15.1 Å². The number of unbranched alkanes of at least 4 members (excludes halogenated alkanes) is 9. The minimum absolute atomic E-state index is 0.0523. The molecule has 5 N–H and O–H groups in total. The number of hydrogen-bond acceptors (Lipinski definition) is 16. The Morgan fingerprint density at radius 2 is 1.39 bits per heavy atom. The van der Waals surface area contributed by atoms with Crippen molar-refractivity contribution in [1.82, 2.24) is 10.4 Å². The molecule has 6 rings (SSSR count). The number of hydrogen-bond donors (Lipinski definition) is 5. The van der Waals surface area contributed by atoms with Gasteiger partial charge in [0.1, 0.15) is 6.54 Å². The fourth-order valence-corrected chi connectivity index (χ4v) is 12.5. The second-order valence-electron chi connectivity index (χ2n) is 20.9. The molecule has 1 fully saturated rings. The summed E-state index contributed by atoms with van der Waals surface area (Å²) >= 11 is 0.851. The van der Waals surface area contributed by atoms with Gasteiger partial charge in [-0.3, -0.25) is 23.2 Å². The molecule has 2 aromatic carbocycles. The van der Waals surface area contributed by atoms with E-state index in [2.05, 4.69) is 47.0 Å². The average Bonchev–Trinajstić information content (AvgIpc) is 3.95. The Morgan fingerprint density at radius 1 is 0.740 bits per heavy atom. The van der Waals surface area contributed by atoms with Crippen LogP contribution in [0.15, 0.2) is 93.0 Å². The number of nitrogens with zero attached hydrogens (tertiary/aromatic N) is 3. The summed E-state index contributed by atoms with van der Waals surface area (Å²) < 4.78 is 107. The normalized spacial score (nSPS) is 18.6. The van der Waals surface area contributed by atoms with Gasteiger partial charge >= 0.3 is 5.97 Å². The maximum Gasteiger partial charge on any atom is 0.333 e. The molecule has 77 heavy (non-hydrogen) atoms. The first-order valence-corrected chi connectivity index (χ1v) is 31.6. The fraction of sp³-hybridized carbons (Fsp3) is 0.547. The number of amides is 2. The van der Waals surface area contributed by atoms with Crippen LogP contribution in [0, 0.1) is 0 Å². The molecule has 0 atom stereocenters. The maximum atomic E-state index is 12.3. The lowest BCUT2D eigenvalue weighted by Crippen LogP contribution is -2.31. The van der Waals surface area contributed by atoms with Crippen molar-refractivity contribution in [2.45, 2.75) is 164 Å². The average molecular weight is 1150 g/mol. The SMILES string of the molecule is CC1(C)C(/C=C/C2=C(NCCCCCCCCCCC(=O)ON3C(=O)CCC3=O)C(=C/C=C3/N(CCCCS(=O)(=O)O)c4ccc(S(=O)(=O)O)cc4C3(C)C)/CCC2)=[N+](CCCCS(=O)(=O)O)c2ccc(SOOO)cc21. The summed E-state index contributed by atoms with van der Waals surface area (Å²) in [5.41, 5.74) is 6.83. The summed E-state index contributed by atoms with van der Waals surface area (Å²) in [4.78, 5) is 43.1. The van der Waals surface area contributed by atoms with Crippen LogP contribution in [0.5, 0.6) is 0 Å². The van der Waals surface area contributed by atoms with Crippen LogP contribution in [-0.2, 0) is 69.8 Å². The number of fused-ring (bicyclic) bond motifs is 2. The van der Waals surface area contributed by atoms with Gasteiger partial charge in [0.2, 0.25) is 5.69 Å². The predicted octanol–water partition coefficient (Wildman–Crippen LogP) is 9.38. The van der Waals surface area contributed by atoms with E-state index in [0.717, 1.165) is 121 Å². The molecule has 20 nitrogen and oxygen atoms in total. The number of nitrogens with one attached hydrogen (secondary N) is 1. The predicted molar refractivity (Wildman–Crippen MR) is 291 cm³/mol. The van der Waals surface area contributed by atoms with Crippen molar-refractivity contribution >= 4 is 77.3 Å². The zero-order chi connectivity index (χ0) is 56.2. The first-order chi connectivity index (χ1) is 36.3. The quantitative estimate of drug-likeness (QED) is 0.00926. The van der Waals surface area contributed by atoms with Gasteiger partial charge in [-0.15, -0.1) is 9.40 Å². The van der Waals surface area contributed by atoms with Crippen LogP contribution in [0.3, 0.4) is 0 Å².